The van der Waals surface area contributed by atoms with Gasteiger partial charge in [-0.15, -0.1) is 0 Å². The summed E-state index contributed by atoms with van der Waals surface area (Å²) in [6.07, 6.45) is 3.78. The summed E-state index contributed by atoms with van der Waals surface area (Å²) < 4.78 is 0.797. The van der Waals surface area contributed by atoms with E-state index in [1.807, 2.05) is 4.90 Å². The minimum Gasteiger partial charge on any atom is -0.395 e. The molecule has 6 heteroatoms. The molecule has 1 heterocycles. The van der Waals surface area contributed by atoms with E-state index in [0.29, 0.717) is 6.54 Å². The van der Waals surface area contributed by atoms with Crippen molar-refractivity contribution in [1.82, 2.24) is 9.97 Å². The fraction of sp³-hybridized carbons (Fsp3) is 0.600. The van der Waals surface area contributed by atoms with Gasteiger partial charge >= 0.3 is 0 Å². The summed E-state index contributed by atoms with van der Waals surface area (Å²) in [6.45, 7) is 3.63. The minimum atomic E-state index is 0.0973. The average Bonchev–Trinajstić information content (AvgIpc) is 2.28. The summed E-state index contributed by atoms with van der Waals surface area (Å²) in [4.78, 5) is 10.1. The molecular formula is C10H17BrN4O. The van der Waals surface area contributed by atoms with Gasteiger partial charge in [-0.25, -0.2) is 4.98 Å². The van der Waals surface area contributed by atoms with E-state index < -0.39 is 0 Å². The maximum atomic E-state index is 9.03. The smallest absolute Gasteiger partial charge is 0.222 e. The van der Waals surface area contributed by atoms with Crippen molar-refractivity contribution in [3.05, 3.63) is 10.7 Å². The molecule has 0 aliphatic rings. The maximum absolute atomic E-state index is 9.03. The lowest BCUT2D eigenvalue weighted by atomic mass is 10.3. The molecule has 3 N–H and O–H groups in total. The zero-order valence-electron chi connectivity index (χ0n) is 9.36. The highest BCUT2D eigenvalue weighted by atomic mass is 79.9. The number of aromatic nitrogens is 2. The van der Waals surface area contributed by atoms with Gasteiger partial charge in [0, 0.05) is 19.3 Å². The third-order valence-electron chi connectivity index (χ3n) is 2.20. The molecule has 0 amide bonds. The van der Waals surface area contributed by atoms with Gasteiger partial charge in [-0.2, -0.15) is 4.98 Å². The van der Waals surface area contributed by atoms with Gasteiger partial charge in [-0.1, -0.05) is 13.3 Å². The van der Waals surface area contributed by atoms with Crippen LogP contribution in [0.5, 0.6) is 0 Å². The fourth-order valence-corrected chi connectivity index (χ4v) is 1.83. The molecule has 0 unspecified atom stereocenters. The first-order valence-electron chi connectivity index (χ1n) is 5.32. The van der Waals surface area contributed by atoms with Crippen molar-refractivity contribution in [3.8, 4) is 0 Å². The Labute approximate surface area is 104 Å². The Balaban J connectivity index is 2.85. The van der Waals surface area contributed by atoms with E-state index in [4.69, 9.17) is 10.8 Å². The van der Waals surface area contributed by atoms with E-state index in [0.717, 1.165) is 29.7 Å². The molecule has 0 bridgehead atoms. The number of anilines is 2. The monoisotopic (exact) mass is 288 g/mol. The number of unbranched alkanes of at least 4 members (excludes halogenated alkanes) is 1. The summed E-state index contributed by atoms with van der Waals surface area (Å²) in [7, 11) is 0. The number of aliphatic hydroxyl groups excluding tert-OH is 1. The summed E-state index contributed by atoms with van der Waals surface area (Å²) in [5.74, 6) is 0.993. The number of nitrogens with zero attached hydrogens (tertiary/aromatic N) is 3. The third-order valence-corrected chi connectivity index (χ3v) is 2.75. The van der Waals surface area contributed by atoms with Crippen LogP contribution in [0.1, 0.15) is 19.8 Å². The van der Waals surface area contributed by atoms with Gasteiger partial charge in [0.25, 0.3) is 0 Å². The van der Waals surface area contributed by atoms with Crippen molar-refractivity contribution in [2.75, 3.05) is 30.3 Å². The lowest BCUT2D eigenvalue weighted by Gasteiger charge is -2.23. The Morgan fingerprint density at radius 2 is 2.25 bits per heavy atom. The van der Waals surface area contributed by atoms with Crippen LogP contribution in [-0.4, -0.2) is 34.8 Å². The molecule has 0 atom stereocenters. The number of hydrogen-bond acceptors (Lipinski definition) is 5. The number of rotatable bonds is 6. The molecule has 90 valence electrons. The minimum absolute atomic E-state index is 0.0973. The molecule has 0 aromatic carbocycles. The summed E-state index contributed by atoms with van der Waals surface area (Å²) >= 11 is 3.39. The summed E-state index contributed by atoms with van der Waals surface area (Å²) in [5, 5.41) is 9.03. The molecule has 0 fully saturated rings. The molecule has 0 saturated heterocycles. The predicted molar refractivity (Wildman–Crippen MR) is 68.4 cm³/mol. The van der Waals surface area contributed by atoms with Gasteiger partial charge in [-0.3, -0.25) is 0 Å². The van der Waals surface area contributed by atoms with Crippen molar-refractivity contribution < 1.29 is 5.11 Å². The number of hydrogen-bond donors (Lipinski definition) is 2. The predicted octanol–water partition coefficient (Wildman–Crippen LogP) is 1.42. The van der Waals surface area contributed by atoms with Crippen LogP contribution in [0.2, 0.25) is 0 Å². The van der Waals surface area contributed by atoms with Crippen molar-refractivity contribution in [2.24, 2.45) is 0 Å². The number of nitrogen functional groups attached to an aromatic ring is 1. The Kier molecular flexibility index (Phi) is 5.48. The third kappa shape index (κ3) is 3.61. The first-order valence-corrected chi connectivity index (χ1v) is 6.12. The van der Waals surface area contributed by atoms with Gasteiger partial charge < -0.3 is 15.7 Å². The van der Waals surface area contributed by atoms with E-state index in [2.05, 4.69) is 32.8 Å². The molecule has 0 aliphatic heterocycles. The second kappa shape index (κ2) is 6.65. The van der Waals surface area contributed by atoms with Gasteiger partial charge in [0.2, 0.25) is 5.95 Å². The maximum Gasteiger partial charge on any atom is 0.222 e. The Hall–Kier alpha value is -0.880. The molecule has 0 saturated carbocycles. The van der Waals surface area contributed by atoms with Gasteiger partial charge in [0.1, 0.15) is 5.82 Å². The second-order valence-electron chi connectivity index (χ2n) is 3.46. The lowest BCUT2D eigenvalue weighted by molar-refractivity contribution is 0.301. The van der Waals surface area contributed by atoms with Crippen molar-refractivity contribution in [2.45, 2.75) is 19.8 Å². The van der Waals surface area contributed by atoms with E-state index in [1.165, 1.54) is 0 Å². The first kappa shape index (κ1) is 13.2. The molecule has 16 heavy (non-hydrogen) atoms. The fourth-order valence-electron chi connectivity index (χ4n) is 1.39. The van der Waals surface area contributed by atoms with Gasteiger partial charge in [0.15, 0.2) is 0 Å². The largest absolute Gasteiger partial charge is 0.395 e. The number of nitrogens with two attached hydrogens (primary N) is 1. The standard InChI is InChI=1S/C10H17BrN4O/c1-2-3-4-15(5-6-16)9-8(11)7-13-10(12)14-9/h7,16H,2-6H2,1H3,(H2,12,13,14). The molecule has 0 aliphatic carbocycles. The zero-order chi connectivity index (χ0) is 12.0. The molecule has 0 spiro atoms. The summed E-state index contributed by atoms with van der Waals surface area (Å²) in [6, 6.07) is 0. The highest BCUT2D eigenvalue weighted by Crippen LogP contribution is 2.23. The van der Waals surface area contributed by atoms with Crippen molar-refractivity contribution >= 4 is 27.7 Å². The molecule has 1 rings (SSSR count). The molecule has 1 aromatic heterocycles. The molecule has 1 aromatic rings. The topological polar surface area (TPSA) is 75.3 Å². The van der Waals surface area contributed by atoms with E-state index in [-0.39, 0.29) is 12.6 Å². The SMILES string of the molecule is CCCCN(CCO)c1nc(N)ncc1Br. The average molecular weight is 289 g/mol. The number of halogens is 1. The van der Waals surface area contributed by atoms with E-state index in [9.17, 15) is 0 Å². The summed E-state index contributed by atoms with van der Waals surface area (Å²) in [5.41, 5.74) is 5.56. The lowest BCUT2D eigenvalue weighted by Crippen LogP contribution is -2.29. The Morgan fingerprint density at radius 3 is 2.88 bits per heavy atom. The van der Waals surface area contributed by atoms with Gasteiger partial charge in [0.05, 0.1) is 11.1 Å². The van der Waals surface area contributed by atoms with Crippen LogP contribution < -0.4 is 10.6 Å². The van der Waals surface area contributed by atoms with Crippen LogP contribution in [0.15, 0.2) is 10.7 Å². The zero-order valence-corrected chi connectivity index (χ0v) is 10.9. The Bertz CT molecular complexity index is 335. The quantitative estimate of drug-likeness (QED) is 0.828. The van der Waals surface area contributed by atoms with Crippen LogP contribution in [0, 0.1) is 0 Å². The van der Waals surface area contributed by atoms with E-state index in [1.54, 1.807) is 6.20 Å². The van der Waals surface area contributed by atoms with Crippen molar-refractivity contribution in [3.63, 3.8) is 0 Å². The second-order valence-corrected chi connectivity index (χ2v) is 4.32. The van der Waals surface area contributed by atoms with Crippen LogP contribution in [-0.2, 0) is 0 Å². The number of aliphatic hydroxyl groups is 1. The highest BCUT2D eigenvalue weighted by molar-refractivity contribution is 9.10. The normalized spacial score (nSPS) is 10.4. The van der Waals surface area contributed by atoms with E-state index >= 15 is 0 Å². The van der Waals surface area contributed by atoms with Crippen LogP contribution in [0.25, 0.3) is 0 Å². The van der Waals surface area contributed by atoms with Crippen LogP contribution in [0.3, 0.4) is 0 Å². The Morgan fingerprint density at radius 1 is 1.50 bits per heavy atom. The van der Waals surface area contributed by atoms with Crippen molar-refractivity contribution in [1.29, 1.82) is 0 Å². The molecular weight excluding hydrogens is 272 g/mol. The van der Waals surface area contributed by atoms with Gasteiger partial charge in [-0.05, 0) is 22.4 Å². The van der Waals surface area contributed by atoms with Crippen LogP contribution >= 0.6 is 15.9 Å². The molecule has 5 nitrogen and oxygen atoms in total. The van der Waals surface area contributed by atoms with Crippen LogP contribution in [0.4, 0.5) is 11.8 Å². The molecule has 0 radical (unpaired) electrons. The first-order chi connectivity index (χ1) is 7.69. The highest BCUT2D eigenvalue weighted by Gasteiger charge is 2.11.